The number of hydrogen-bond acceptors (Lipinski definition) is 3. The molecule has 2 fully saturated rings. The smallest absolute Gasteiger partial charge is 0.0587 e. The Morgan fingerprint density at radius 1 is 1.43 bits per heavy atom. The van der Waals surface area contributed by atoms with Gasteiger partial charge < -0.3 is 10.4 Å². The molecule has 0 aromatic rings. The molecule has 2 saturated heterocycles. The fourth-order valence-electron chi connectivity index (χ4n) is 3.01. The van der Waals surface area contributed by atoms with Gasteiger partial charge in [-0.2, -0.15) is 0 Å². The summed E-state index contributed by atoms with van der Waals surface area (Å²) in [5.41, 5.74) is 0. The zero-order chi connectivity index (χ0) is 9.97. The zero-order valence-electron chi connectivity index (χ0n) is 9.08. The monoisotopic (exact) mass is 198 g/mol. The van der Waals surface area contributed by atoms with Gasteiger partial charge in [0.1, 0.15) is 0 Å². The maximum absolute atomic E-state index is 9.29. The molecule has 2 aliphatic heterocycles. The first-order valence-corrected chi connectivity index (χ1v) is 5.94. The van der Waals surface area contributed by atoms with E-state index in [-0.39, 0.29) is 0 Å². The summed E-state index contributed by atoms with van der Waals surface area (Å²) in [6.07, 6.45) is 3.70. The van der Waals surface area contributed by atoms with Gasteiger partial charge >= 0.3 is 0 Å². The van der Waals surface area contributed by atoms with Crippen LogP contribution in [-0.2, 0) is 0 Å². The second kappa shape index (κ2) is 4.60. The molecule has 3 nitrogen and oxygen atoms in total. The van der Waals surface area contributed by atoms with Crippen LogP contribution in [0, 0.1) is 5.92 Å². The van der Waals surface area contributed by atoms with Crippen molar-refractivity contribution < 1.29 is 5.11 Å². The molecule has 3 atom stereocenters. The standard InChI is InChI=1S/C11H22N2O/c1-2-9-6-12-7-11(9)13-5-3-4-10(13)8-14/h9-12,14H,2-8H2,1H3/t9?,10-,11?/m1/s1. The van der Waals surface area contributed by atoms with Crippen LogP contribution in [0.5, 0.6) is 0 Å². The van der Waals surface area contributed by atoms with Crippen LogP contribution < -0.4 is 5.32 Å². The maximum Gasteiger partial charge on any atom is 0.0587 e. The summed E-state index contributed by atoms with van der Waals surface area (Å²) in [6.45, 7) is 6.08. The Morgan fingerprint density at radius 2 is 2.29 bits per heavy atom. The van der Waals surface area contributed by atoms with Gasteiger partial charge in [0.05, 0.1) is 6.61 Å². The van der Waals surface area contributed by atoms with E-state index in [2.05, 4.69) is 17.1 Å². The van der Waals surface area contributed by atoms with Gasteiger partial charge in [0.25, 0.3) is 0 Å². The summed E-state index contributed by atoms with van der Waals surface area (Å²) in [4.78, 5) is 2.54. The average Bonchev–Trinajstić information content (AvgIpc) is 2.85. The lowest BCUT2D eigenvalue weighted by molar-refractivity contribution is 0.105. The summed E-state index contributed by atoms with van der Waals surface area (Å²) in [7, 11) is 0. The molecule has 2 rings (SSSR count). The molecule has 0 aliphatic carbocycles. The van der Waals surface area contributed by atoms with Crippen LogP contribution in [0.25, 0.3) is 0 Å². The highest BCUT2D eigenvalue weighted by Crippen LogP contribution is 2.26. The molecule has 0 saturated carbocycles. The van der Waals surface area contributed by atoms with Gasteiger partial charge in [-0.15, -0.1) is 0 Å². The molecule has 0 bridgehead atoms. The Labute approximate surface area is 86.5 Å². The van der Waals surface area contributed by atoms with E-state index in [1.807, 2.05) is 0 Å². The van der Waals surface area contributed by atoms with Crippen LogP contribution in [0.3, 0.4) is 0 Å². The van der Waals surface area contributed by atoms with E-state index in [0.717, 1.165) is 19.0 Å². The molecule has 0 aromatic carbocycles. The third-order valence-corrected chi connectivity index (χ3v) is 3.89. The topological polar surface area (TPSA) is 35.5 Å². The number of rotatable bonds is 3. The zero-order valence-corrected chi connectivity index (χ0v) is 9.08. The van der Waals surface area contributed by atoms with E-state index < -0.39 is 0 Å². The van der Waals surface area contributed by atoms with Crippen molar-refractivity contribution in [1.29, 1.82) is 0 Å². The Balaban J connectivity index is 1.98. The summed E-state index contributed by atoms with van der Waals surface area (Å²) >= 11 is 0. The van der Waals surface area contributed by atoms with Crippen molar-refractivity contribution in [2.24, 2.45) is 5.92 Å². The van der Waals surface area contributed by atoms with Gasteiger partial charge in [0.2, 0.25) is 0 Å². The van der Waals surface area contributed by atoms with Crippen LogP contribution in [0.4, 0.5) is 0 Å². The quantitative estimate of drug-likeness (QED) is 0.691. The van der Waals surface area contributed by atoms with E-state index in [1.54, 1.807) is 0 Å². The molecule has 2 heterocycles. The van der Waals surface area contributed by atoms with E-state index in [1.165, 1.54) is 25.8 Å². The van der Waals surface area contributed by atoms with E-state index in [0.29, 0.717) is 18.7 Å². The second-order valence-corrected chi connectivity index (χ2v) is 4.61. The fourth-order valence-corrected chi connectivity index (χ4v) is 3.01. The lowest BCUT2D eigenvalue weighted by Crippen LogP contribution is -2.45. The van der Waals surface area contributed by atoms with Crippen LogP contribution in [0.1, 0.15) is 26.2 Å². The SMILES string of the molecule is CCC1CNCC1N1CCC[C@@H]1CO. The van der Waals surface area contributed by atoms with Gasteiger partial charge in [0.15, 0.2) is 0 Å². The first-order valence-electron chi connectivity index (χ1n) is 5.94. The maximum atomic E-state index is 9.29. The third-order valence-electron chi connectivity index (χ3n) is 3.89. The molecule has 2 aliphatic rings. The number of hydrogen-bond donors (Lipinski definition) is 2. The van der Waals surface area contributed by atoms with Crippen molar-refractivity contribution in [3.05, 3.63) is 0 Å². The largest absolute Gasteiger partial charge is 0.395 e. The molecule has 0 aromatic heterocycles. The van der Waals surface area contributed by atoms with Crippen molar-refractivity contribution in [3.8, 4) is 0 Å². The van der Waals surface area contributed by atoms with E-state index >= 15 is 0 Å². The molecular formula is C11H22N2O. The molecule has 82 valence electrons. The number of nitrogens with zero attached hydrogens (tertiary/aromatic N) is 1. The highest BCUT2D eigenvalue weighted by atomic mass is 16.3. The second-order valence-electron chi connectivity index (χ2n) is 4.61. The summed E-state index contributed by atoms with van der Waals surface area (Å²) in [5.74, 6) is 0.794. The van der Waals surface area contributed by atoms with Gasteiger partial charge in [0, 0.05) is 18.6 Å². The van der Waals surface area contributed by atoms with Crippen LogP contribution in [0.15, 0.2) is 0 Å². The van der Waals surface area contributed by atoms with Crippen molar-refractivity contribution in [3.63, 3.8) is 0 Å². The summed E-state index contributed by atoms with van der Waals surface area (Å²) in [6, 6.07) is 1.12. The minimum atomic E-state index is 0.340. The minimum absolute atomic E-state index is 0.340. The van der Waals surface area contributed by atoms with E-state index in [4.69, 9.17) is 0 Å². The Morgan fingerprint density at radius 3 is 3.00 bits per heavy atom. The lowest BCUT2D eigenvalue weighted by Gasteiger charge is -2.32. The number of nitrogens with one attached hydrogen (secondary N) is 1. The predicted molar refractivity (Wildman–Crippen MR) is 57.3 cm³/mol. The van der Waals surface area contributed by atoms with Crippen LogP contribution in [-0.4, -0.2) is 48.3 Å². The summed E-state index contributed by atoms with van der Waals surface area (Å²) in [5, 5.41) is 12.8. The van der Waals surface area contributed by atoms with Gasteiger partial charge in [-0.25, -0.2) is 0 Å². The molecule has 2 unspecified atom stereocenters. The molecule has 0 spiro atoms. The predicted octanol–water partition coefficient (Wildman–Crippen LogP) is 0.441. The molecule has 0 radical (unpaired) electrons. The molecule has 14 heavy (non-hydrogen) atoms. The lowest BCUT2D eigenvalue weighted by atomic mass is 9.99. The van der Waals surface area contributed by atoms with Crippen molar-refractivity contribution in [2.45, 2.75) is 38.3 Å². The van der Waals surface area contributed by atoms with Crippen molar-refractivity contribution in [1.82, 2.24) is 10.2 Å². The minimum Gasteiger partial charge on any atom is -0.395 e. The number of aliphatic hydroxyl groups excluding tert-OH is 1. The summed E-state index contributed by atoms with van der Waals surface area (Å²) < 4.78 is 0. The average molecular weight is 198 g/mol. The van der Waals surface area contributed by atoms with Crippen molar-refractivity contribution in [2.75, 3.05) is 26.2 Å². The van der Waals surface area contributed by atoms with Gasteiger partial charge in [-0.05, 0) is 31.8 Å². The third kappa shape index (κ3) is 1.81. The highest BCUT2D eigenvalue weighted by Gasteiger charge is 2.36. The van der Waals surface area contributed by atoms with Crippen molar-refractivity contribution >= 4 is 0 Å². The normalized spacial score (nSPS) is 39.4. The van der Waals surface area contributed by atoms with Gasteiger partial charge in [-0.1, -0.05) is 13.3 Å². The van der Waals surface area contributed by atoms with Crippen LogP contribution in [0.2, 0.25) is 0 Å². The molecular weight excluding hydrogens is 176 g/mol. The Kier molecular flexibility index (Phi) is 3.42. The Bertz CT molecular complexity index is 166. The van der Waals surface area contributed by atoms with E-state index in [9.17, 15) is 5.11 Å². The Hall–Kier alpha value is -0.120. The highest BCUT2D eigenvalue weighted by molar-refractivity contribution is 4.93. The molecule has 2 N–H and O–H groups in total. The van der Waals surface area contributed by atoms with Gasteiger partial charge in [-0.3, -0.25) is 4.90 Å². The number of likely N-dealkylation sites (tertiary alicyclic amines) is 1. The molecule has 3 heteroatoms. The van der Waals surface area contributed by atoms with Crippen LogP contribution >= 0.6 is 0 Å². The fraction of sp³-hybridized carbons (Fsp3) is 1.00. The number of aliphatic hydroxyl groups is 1. The molecule has 0 amide bonds. The first-order chi connectivity index (χ1) is 6.86. The first kappa shape index (κ1) is 10.4.